The molecule has 0 nitrogen and oxygen atoms in total. The minimum atomic E-state index is 0. The molecular formula is C17H15Y-. The average molecular weight is 308 g/mol. The van der Waals surface area contributed by atoms with Crippen molar-refractivity contribution in [1.29, 1.82) is 0 Å². The van der Waals surface area contributed by atoms with E-state index in [1.54, 1.807) is 0 Å². The molecule has 0 spiro atoms. The summed E-state index contributed by atoms with van der Waals surface area (Å²) >= 11 is 0. The molecule has 0 bridgehead atoms. The summed E-state index contributed by atoms with van der Waals surface area (Å²) in [5, 5.41) is 0. The van der Waals surface area contributed by atoms with Gasteiger partial charge in [-0.25, -0.2) is 0 Å². The first kappa shape index (κ1) is 15.2. The van der Waals surface area contributed by atoms with E-state index in [0.717, 1.165) is 11.1 Å². The SMILES string of the molecule is Cc1ccc(C#Cc2c[c-]c(C)c(C)c2)cc1.[Y]. The molecule has 2 aromatic rings. The minimum absolute atomic E-state index is 0. The van der Waals surface area contributed by atoms with Gasteiger partial charge in [0, 0.05) is 38.3 Å². The summed E-state index contributed by atoms with van der Waals surface area (Å²) in [4.78, 5) is 0. The van der Waals surface area contributed by atoms with E-state index in [-0.39, 0.29) is 32.7 Å². The molecular weight excluding hydrogens is 293 g/mol. The van der Waals surface area contributed by atoms with Crippen LogP contribution in [0.5, 0.6) is 0 Å². The van der Waals surface area contributed by atoms with Gasteiger partial charge in [0.15, 0.2) is 0 Å². The zero-order valence-electron chi connectivity index (χ0n) is 11.0. The van der Waals surface area contributed by atoms with E-state index in [9.17, 15) is 0 Å². The molecule has 0 fully saturated rings. The second kappa shape index (κ2) is 6.88. The Morgan fingerprint density at radius 1 is 0.889 bits per heavy atom. The van der Waals surface area contributed by atoms with Crippen molar-refractivity contribution >= 4 is 0 Å². The quantitative estimate of drug-likeness (QED) is 0.513. The van der Waals surface area contributed by atoms with Gasteiger partial charge in [0.1, 0.15) is 0 Å². The van der Waals surface area contributed by atoms with E-state index in [4.69, 9.17) is 0 Å². The van der Waals surface area contributed by atoms with Gasteiger partial charge in [-0.15, -0.1) is 5.92 Å². The maximum absolute atomic E-state index is 3.21. The van der Waals surface area contributed by atoms with Gasteiger partial charge in [0.2, 0.25) is 0 Å². The Bertz CT molecular complexity index is 583. The predicted octanol–water partition coefficient (Wildman–Crippen LogP) is 3.81. The van der Waals surface area contributed by atoms with E-state index >= 15 is 0 Å². The molecule has 2 aromatic carbocycles. The van der Waals surface area contributed by atoms with Crippen molar-refractivity contribution in [3.8, 4) is 11.8 Å². The second-order valence-electron chi connectivity index (χ2n) is 4.31. The second-order valence-corrected chi connectivity index (χ2v) is 4.31. The number of hydrogen-bond donors (Lipinski definition) is 0. The third kappa shape index (κ3) is 4.09. The molecule has 0 aromatic heterocycles. The molecule has 0 heterocycles. The fourth-order valence-electron chi connectivity index (χ4n) is 1.54. The number of rotatable bonds is 0. The molecule has 1 heteroatoms. The third-order valence-electron chi connectivity index (χ3n) is 2.81. The average Bonchev–Trinajstić information content (AvgIpc) is 2.33. The van der Waals surface area contributed by atoms with Crippen molar-refractivity contribution < 1.29 is 32.7 Å². The fourth-order valence-corrected chi connectivity index (χ4v) is 1.54. The predicted molar refractivity (Wildman–Crippen MR) is 71.9 cm³/mol. The molecule has 0 atom stereocenters. The first-order valence-corrected chi connectivity index (χ1v) is 5.73. The van der Waals surface area contributed by atoms with Crippen LogP contribution in [0.1, 0.15) is 27.8 Å². The summed E-state index contributed by atoms with van der Waals surface area (Å²) in [6, 6.07) is 15.5. The van der Waals surface area contributed by atoms with Crippen LogP contribution in [0.4, 0.5) is 0 Å². The van der Waals surface area contributed by atoms with Gasteiger partial charge in [-0.2, -0.15) is 29.3 Å². The van der Waals surface area contributed by atoms with Crippen LogP contribution in [0.2, 0.25) is 0 Å². The first-order valence-electron chi connectivity index (χ1n) is 5.73. The molecule has 87 valence electrons. The smallest absolute Gasteiger partial charge is 0.0238 e. The number of aryl methyl sites for hydroxylation is 3. The monoisotopic (exact) mass is 308 g/mol. The molecule has 18 heavy (non-hydrogen) atoms. The summed E-state index contributed by atoms with van der Waals surface area (Å²) in [5.74, 6) is 6.33. The molecule has 0 saturated heterocycles. The molecule has 0 aliphatic carbocycles. The zero-order chi connectivity index (χ0) is 12.3. The standard InChI is InChI=1S/C17H15.Y/c1-13-4-7-16(8-5-13)10-11-17-9-6-14(2)15(3)12-17;/h4-5,7-9,12H,1-3H3;/q-1;. The molecule has 0 aliphatic rings. The number of benzene rings is 2. The molecule has 0 amide bonds. The van der Waals surface area contributed by atoms with Gasteiger partial charge in [-0.05, 0) is 19.1 Å². The Labute approximate surface area is 135 Å². The largest absolute Gasteiger partial charge is 0.179 e. The Kier molecular flexibility index (Phi) is 5.80. The van der Waals surface area contributed by atoms with Crippen molar-refractivity contribution in [1.82, 2.24) is 0 Å². The van der Waals surface area contributed by atoms with E-state index in [1.165, 1.54) is 16.7 Å². The maximum atomic E-state index is 3.21. The molecule has 0 saturated carbocycles. The van der Waals surface area contributed by atoms with Gasteiger partial charge >= 0.3 is 0 Å². The maximum Gasteiger partial charge on any atom is 0.0238 e. The van der Waals surface area contributed by atoms with Crippen LogP contribution in [0.3, 0.4) is 0 Å². The summed E-state index contributed by atoms with van der Waals surface area (Å²) in [5.41, 5.74) is 5.75. The Morgan fingerprint density at radius 2 is 1.50 bits per heavy atom. The van der Waals surface area contributed by atoms with Gasteiger partial charge in [0.25, 0.3) is 0 Å². The first-order chi connectivity index (χ1) is 8.15. The van der Waals surface area contributed by atoms with Crippen molar-refractivity contribution in [2.75, 3.05) is 0 Å². The Balaban J connectivity index is 0.00000162. The van der Waals surface area contributed by atoms with Gasteiger partial charge in [0.05, 0.1) is 0 Å². The van der Waals surface area contributed by atoms with E-state index in [1.807, 2.05) is 18.2 Å². The fraction of sp³-hybridized carbons (Fsp3) is 0.176. The van der Waals surface area contributed by atoms with Crippen molar-refractivity contribution in [2.45, 2.75) is 20.8 Å². The topological polar surface area (TPSA) is 0 Å². The normalized spacial score (nSPS) is 9.06. The molecule has 0 unspecified atom stereocenters. The van der Waals surface area contributed by atoms with Crippen LogP contribution < -0.4 is 0 Å². The van der Waals surface area contributed by atoms with Crippen LogP contribution in [0.25, 0.3) is 0 Å². The van der Waals surface area contributed by atoms with Gasteiger partial charge in [-0.1, -0.05) is 43.0 Å². The third-order valence-corrected chi connectivity index (χ3v) is 2.81. The van der Waals surface area contributed by atoms with Crippen molar-refractivity contribution in [3.63, 3.8) is 0 Å². The Hall–Kier alpha value is -0.896. The molecule has 1 radical (unpaired) electrons. The van der Waals surface area contributed by atoms with Crippen molar-refractivity contribution in [2.24, 2.45) is 0 Å². The van der Waals surface area contributed by atoms with Crippen LogP contribution >= 0.6 is 0 Å². The zero-order valence-corrected chi connectivity index (χ0v) is 13.9. The van der Waals surface area contributed by atoms with E-state index in [2.05, 4.69) is 56.9 Å². The minimum Gasteiger partial charge on any atom is -0.179 e. The van der Waals surface area contributed by atoms with Crippen LogP contribution in [-0.2, 0) is 32.7 Å². The Morgan fingerprint density at radius 3 is 2.11 bits per heavy atom. The summed E-state index contributed by atoms with van der Waals surface area (Å²) in [6.45, 7) is 6.23. The van der Waals surface area contributed by atoms with E-state index in [0.29, 0.717) is 0 Å². The molecule has 0 aliphatic heterocycles. The van der Waals surface area contributed by atoms with E-state index < -0.39 is 0 Å². The van der Waals surface area contributed by atoms with Gasteiger partial charge in [-0.3, -0.25) is 0 Å². The van der Waals surface area contributed by atoms with Gasteiger partial charge < -0.3 is 0 Å². The van der Waals surface area contributed by atoms with Crippen LogP contribution in [0, 0.1) is 38.7 Å². The van der Waals surface area contributed by atoms with Crippen molar-refractivity contribution in [3.05, 3.63) is 70.3 Å². The van der Waals surface area contributed by atoms with Crippen LogP contribution in [0.15, 0.2) is 36.4 Å². The number of hydrogen-bond acceptors (Lipinski definition) is 0. The molecule has 0 N–H and O–H groups in total. The summed E-state index contributed by atoms with van der Waals surface area (Å²) in [7, 11) is 0. The van der Waals surface area contributed by atoms with Crippen LogP contribution in [-0.4, -0.2) is 0 Å². The summed E-state index contributed by atoms with van der Waals surface area (Å²) < 4.78 is 0. The summed E-state index contributed by atoms with van der Waals surface area (Å²) in [6.07, 6.45) is 0. The molecule has 2 rings (SSSR count).